The lowest BCUT2D eigenvalue weighted by Gasteiger charge is -2.09. The Kier molecular flexibility index (Phi) is 5.56. The van der Waals surface area contributed by atoms with Crippen LogP contribution in [0.2, 0.25) is 0 Å². The minimum atomic E-state index is -3.46. The molecule has 6 heteroatoms. The van der Waals surface area contributed by atoms with E-state index >= 15 is 0 Å². The van der Waals surface area contributed by atoms with E-state index in [4.69, 9.17) is 9.84 Å². The summed E-state index contributed by atoms with van der Waals surface area (Å²) >= 11 is 0. The number of hydrogen-bond acceptors (Lipinski definition) is 4. The summed E-state index contributed by atoms with van der Waals surface area (Å²) in [5.41, 5.74) is -0.141. The predicted octanol–water partition coefficient (Wildman–Crippen LogP) is 2.60. The van der Waals surface area contributed by atoms with E-state index in [-0.39, 0.29) is 22.0 Å². The first-order valence-electron chi connectivity index (χ1n) is 6.42. The van der Waals surface area contributed by atoms with E-state index in [1.807, 2.05) is 13.8 Å². The van der Waals surface area contributed by atoms with Gasteiger partial charge in [0.25, 0.3) is 0 Å². The maximum Gasteiger partial charge on any atom is 0.339 e. The van der Waals surface area contributed by atoms with Gasteiger partial charge in [-0.25, -0.2) is 13.2 Å². The van der Waals surface area contributed by atoms with Crippen LogP contribution in [0, 0.1) is 5.92 Å². The average molecular weight is 300 g/mol. The van der Waals surface area contributed by atoms with Crippen LogP contribution >= 0.6 is 0 Å². The van der Waals surface area contributed by atoms with Crippen molar-refractivity contribution in [3.63, 3.8) is 0 Å². The number of carbonyl (C=O) groups is 1. The van der Waals surface area contributed by atoms with Gasteiger partial charge in [0.2, 0.25) is 0 Å². The third-order valence-electron chi connectivity index (χ3n) is 2.96. The van der Waals surface area contributed by atoms with Gasteiger partial charge in [-0.2, -0.15) is 0 Å². The van der Waals surface area contributed by atoms with E-state index in [1.54, 1.807) is 0 Å². The normalized spacial score (nSPS) is 11.6. The summed E-state index contributed by atoms with van der Waals surface area (Å²) < 4.78 is 29.2. The van der Waals surface area contributed by atoms with Gasteiger partial charge in [-0.1, -0.05) is 13.8 Å². The molecule has 0 spiro atoms. The zero-order valence-electron chi connectivity index (χ0n) is 11.9. The average Bonchev–Trinajstić information content (AvgIpc) is 2.37. The molecule has 112 valence electrons. The van der Waals surface area contributed by atoms with Gasteiger partial charge in [0.1, 0.15) is 11.3 Å². The molecule has 0 bridgehead atoms. The van der Waals surface area contributed by atoms with Crippen LogP contribution in [0.3, 0.4) is 0 Å². The Morgan fingerprint density at radius 3 is 2.50 bits per heavy atom. The highest BCUT2D eigenvalue weighted by Gasteiger charge is 2.19. The molecule has 0 aromatic heterocycles. The lowest BCUT2D eigenvalue weighted by atomic mass is 10.1. The van der Waals surface area contributed by atoms with E-state index in [1.165, 1.54) is 19.2 Å². The van der Waals surface area contributed by atoms with E-state index < -0.39 is 15.8 Å². The fourth-order valence-electron chi connectivity index (χ4n) is 1.85. The molecule has 0 heterocycles. The summed E-state index contributed by atoms with van der Waals surface area (Å²) in [5, 5.41) is 9.06. The van der Waals surface area contributed by atoms with Crippen molar-refractivity contribution in [2.75, 3.05) is 12.9 Å². The van der Waals surface area contributed by atoms with Crippen molar-refractivity contribution in [1.29, 1.82) is 0 Å². The van der Waals surface area contributed by atoms with Crippen LogP contribution in [0.15, 0.2) is 23.1 Å². The summed E-state index contributed by atoms with van der Waals surface area (Å²) in [7, 11) is -2.11. The Morgan fingerprint density at radius 1 is 1.35 bits per heavy atom. The quantitative estimate of drug-likeness (QED) is 0.837. The number of rotatable bonds is 7. The van der Waals surface area contributed by atoms with Crippen LogP contribution in [0.4, 0.5) is 0 Å². The predicted molar refractivity (Wildman–Crippen MR) is 76.1 cm³/mol. The topological polar surface area (TPSA) is 80.7 Å². The van der Waals surface area contributed by atoms with Gasteiger partial charge in [-0.3, -0.25) is 0 Å². The van der Waals surface area contributed by atoms with Crippen LogP contribution in [0.25, 0.3) is 0 Å². The van der Waals surface area contributed by atoms with E-state index in [2.05, 4.69) is 0 Å². The maximum atomic E-state index is 12.2. The lowest BCUT2D eigenvalue weighted by Crippen LogP contribution is -2.10. The van der Waals surface area contributed by atoms with Crippen molar-refractivity contribution in [2.24, 2.45) is 5.92 Å². The Bertz CT molecular complexity index is 575. The second-order valence-corrected chi connectivity index (χ2v) is 7.13. The van der Waals surface area contributed by atoms with E-state index in [0.717, 1.165) is 12.5 Å². The molecule has 0 saturated carbocycles. The third kappa shape index (κ3) is 4.23. The zero-order valence-corrected chi connectivity index (χ0v) is 12.7. The summed E-state index contributed by atoms with van der Waals surface area (Å²) in [6, 6.07) is 3.92. The molecule has 0 aliphatic heterocycles. The molecule has 1 N–H and O–H groups in total. The van der Waals surface area contributed by atoms with Crippen LogP contribution in [0.1, 0.15) is 37.0 Å². The van der Waals surface area contributed by atoms with Gasteiger partial charge in [-0.05, 0) is 37.0 Å². The largest absolute Gasteiger partial charge is 0.496 e. The van der Waals surface area contributed by atoms with E-state index in [0.29, 0.717) is 12.3 Å². The Balaban J connectivity index is 3.01. The Morgan fingerprint density at radius 2 is 2.00 bits per heavy atom. The molecule has 0 radical (unpaired) electrons. The SMILES string of the molecule is COc1ccc(S(=O)(=O)CCCC(C)C)cc1C(=O)O. The second-order valence-electron chi connectivity index (χ2n) is 5.02. The number of sulfone groups is 1. The van der Waals surface area contributed by atoms with Gasteiger partial charge in [-0.15, -0.1) is 0 Å². The first kappa shape index (κ1) is 16.5. The second kappa shape index (κ2) is 6.74. The molecular weight excluding hydrogens is 280 g/mol. The molecule has 0 aliphatic rings. The van der Waals surface area contributed by atoms with Crippen molar-refractivity contribution in [1.82, 2.24) is 0 Å². The summed E-state index contributed by atoms with van der Waals surface area (Å²) in [6.45, 7) is 4.06. The summed E-state index contributed by atoms with van der Waals surface area (Å²) in [6.07, 6.45) is 1.38. The van der Waals surface area contributed by atoms with Crippen LogP contribution in [-0.4, -0.2) is 32.4 Å². The molecule has 5 nitrogen and oxygen atoms in total. The number of carboxylic acids is 1. The fraction of sp³-hybridized carbons (Fsp3) is 0.500. The van der Waals surface area contributed by atoms with Gasteiger partial charge in [0.15, 0.2) is 9.84 Å². The van der Waals surface area contributed by atoms with Crippen molar-refractivity contribution >= 4 is 15.8 Å². The monoisotopic (exact) mass is 300 g/mol. The molecule has 1 aromatic rings. The Labute approximate surface area is 119 Å². The van der Waals surface area contributed by atoms with Crippen molar-refractivity contribution in [2.45, 2.75) is 31.6 Å². The van der Waals surface area contributed by atoms with Crippen LogP contribution in [0.5, 0.6) is 5.75 Å². The van der Waals surface area contributed by atoms with Crippen molar-refractivity contribution < 1.29 is 23.1 Å². The standard InChI is InChI=1S/C14H20O5S/c1-10(2)5-4-8-20(17,18)11-6-7-13(19-3)12(9-11)14(15)16/h6-7,9-10H,4-5,8H2,1-3H3,(H,15,16). The van der Waals surface area contributed by atoms with Gasteiger partial charge in [0, 0.05) is 0 Å². The Hall–Kier alpha value is -1.56. The molecule has 0 amide bonds. The van der Waals surface area contributed by atoms with Gasteiger partial charge >= 0.3 is 5.97 Å². The molecule has 0 aliphatic carbocycles. The fourth-order valence-corrected chi connectivity index (χ4v) is 3.20. The molecular formula is C14H20O5S. The molecule has 20 heavy (non-hydrogen) atoms. The van der Waals surface area contributed by atoms with Gasteiger partial charge < -0.3 is 9.84 Å². The molecule has 0 atom stereocenters. The molecule has 0 fully saturated rings. The summed E-state index contributed by atoms with van der Waals surface area (Å²) in [5.74, 6) is -0.591. The van der Waals surface area contributed by atoms with E-state index in [9.17, 15) is 13.2 Å². The van der Waals surface area contributed by atoms with Crippen molar-refractivity contribution in [3.05, 3.63) is 23.8 Å². The highest BCUT2D eigenvalue weighted by Crippen LogP contribution is 2.23. The molecule has 1 aromatic carbocycles. The first-order chi connectivity index (χ1) is 9.27. The molecule has 0 unspecified atom stereocenters. The first-order valence-corrected chi connectivity index (χ1v) is 8.07. The number of ether oxygens (including phenoxy) is 1. The van der Waals surface area contributed by atoms with Crippen molar-refractivity contribution in [3.8, 4) is 5.75 Å². The number of hydrogen-bond donors (Lipinski definition) is 1. The summed E-state index contributed by atoms with van der Waals surface area (Å²) in [4.78, 5) is 11.1. The minimum Gasteiger partial charge on any atom is -0.496 e. The van der Waals surface area contributed by atoms with Crippen LogP contribution < -0.4 is 4.74 Å². The highest BCUT2D eigenvalue weighted by atomic mass is 32.2. The number of methoxy groups -OCH3 is 1. The highest BCUT2D eigenvalue weighted by molar-refractivity contribution is 7.91. The number of benzene rings is 1. The number of aromatic carboxylic acids is 1. The molecule has 1 rings (SSSR count). The lowest BCUT2D eigenvalue weighted by molar-refractivity contribution is 0.0693. The van der Waals surface area contributed by atoms with Gasteiger partial charge in [0.05, 0.1) is 17.8 Å². The number of carboxylic acid groups (broad SMARTS) is 1. The van der Waals surface area contributed by atoms with Crippen LogP contribution in [-0.2, 0) is 9.84 Å². The maximum absolute atomic E-state index is 12.2. The zero-order chi connectivity index (χ0) is 15.3. The smallest absolute Gasteiger partial charge is 0.339 e. The third-order valence-corrected chi connectivity index (χ3v) is 4.75. The minimum absolute atomic E-state index is 0.0244. The molecule has 0 saturated heterocycles.